The summed E-state index contributed by atoms with van der Waals surface area (Å²) >= 11 is 0. The summed E-state index contributed by atoms with van der Waals surface area (Å²) in [5, 5.41) is 9.88. The third-order valence-corrected chi connectivity index (χ3v) is 6.04. The molecule has 9 nitrogen and oxygen atoms in total. The standard InChI is InChI=1S/C25H24N4O5/c1-15-13-19(28-34-15)23(30)27-11-12-33-21-8-4-5-16-9-10-26-20(22(16)21)14-29-24(31)17-6-2-3-7-18(17)25(29)32/h2-8,13,20,26H,9-12,14H2,1H3,(H,27,30). The van der Waals surface area contributed by atoms with Crippen molar-refractivity contribution >= 4 is 17.7 Å². The van der Waals surface area contributed by atoms with Gasteiger partial charge in [0, 0.05) is 18.2 Å². The van der Waals surface area contributed by atoms with Crippen LogP contribution in [0.5, 0.6) is 5.75 Å². The van der Waals surface area contributed by atoms with Crippen molar-refractivity contribution in [3.63, 3.8) is 0 Å². The van der Waals surface area contributed by atoms with Crippen LogP contribution in [0, 0.1) is 6.92 Å². The molecule has 1 unspecified atom stereocenters. The zero-order chi connectivity index (χ0) is 23.7. The fourth-order valence-electron chi connectivity index (χ4n) is 4.44. The summed E-state index contributed by atoms with van der Waals surface area (Å²) in [5.74, 6) is 0.338. The summed E-state index contributed by atoms with van der Waals surface area (Å²) in [6.07, 6.45) is 0.813. The smallest absolute Gasteiger partial charge is 0.273 e. The molecule has 0 bridgehead atoms. The lowest BCUT2D eigenvalue weighted by atomic mass is 9.93. The van der Waals surface area contributed by atoms with Gasteiger partial charge in [-0.25, -0.2) is 0 Å². The van der Waals surface area contributed by atoms with Gasteiger partial charge in [-0.2, -0.15) is 0 Å². The number of fused-ring (bicyclic) bond motifs is 2. The van der Waals surface area contributed by atoms with Gasteiger partial charge in [-0.1, -0.05) is 29.4 Å². The number of benzene rings is 2. The molecule has 0 aliphatic carbocycles. The lowest BCUT2D eigenvalue weighted by Crippen LogP contribution is -2.41. The first-order valence-electron chi connectivity index (χ1n) is 11.2. The van der Waals surface area contributed by atoms with E-state index in [1.165, 1.54) is 4.90 Å². The van der Waals surface area contributed by atoms with Crippen molar-refractivity contribution in [2.45, 2.75) is 19.4 Å². The first kappa shape index (κ1) is 21.8. The second-order valence-electron chi connectivity index (χ2n) is 8.28. The van der Waals surface area contributed by atoms with E-state index in [1.54, 1.807) is 37.3 Å². The Bertz CT molecular complexity index is 1230. The van der Waals surface area contributed by atoms with E-state index in [0.29, 0.717) is 22.6 Å². The summed E-state index contributed by atoms with van der Waals surface area (Å²) < 4.78 is 10.9. The number of rotatable bonds is 7. The Morgan fingerprint density at radius 2 is 1.94 bits per heavy atom. The summed E-state index contributed by atoms with van der Waals surface area (Å²) in [6.45, 7) is 3.20. The van der Waals surface area contributed by atoms with Crippen molar-refractivity contribution in [3.8, 4) is 5.75 Å². The van der Waals surface area contributed by atoms with E-state index < -0.39 is 0 Å². The van der Waals surface area contributed by atoms with E-state index in [0.717, 1.165) is 24.1 Å². The van der Waals surface area contributed by atoms with Crippen LogP contribution in [0.15, 0.2) is 53.1 Å². The molecule has 34 heavy (non-hydrogen) atoms. The van der Waals surface area contributed by atoms with E-state index in [2.05, 4.69) is 15.8 Å². The lowest BCUT2D eigenvalue weighted by molar-refractivity contribution is 0.0636. The molecule has 3 heterocycles. The van der Waals surface area contributed by atoms with E-state index in [9.17, 15) is 14.4 Å². The zero-order valence-electron chi connectivity index (χ0n) is 18.7. The third kappa shape index (κ3) is 4.06. The number of carbonyl (C=O) groups excluding carboxylic acids is 3. The second-order valence-corrected chi connectivity index (χ2v) is 8.28. The topological polar surface area (TPSA) is 114 Å². The van der Waals surface area contributed by atoms with Gasteiger partial charge < -0.3 is 19.9 Å². The van der Waals surface area contributed by atoms with Crippen LogP contribution in [0.3, 0.4) is 0 Å². The second kappa shape index (κ2) is 9.11. The van der Waals surface area contributed by atoms with Gasteiger partial charge in [-0.15, -0.1) is 0 Å². The molecule has 1 atom stereocenters. The molecule has 2 aliphatic rings. The van der Waals surface area contributed by atoms with E-state index in [4.69, 9.17) is 9.26 Å². The highest BCUT2D eigenvalue weighted by atomic mass is 16.5. The molecule has 3 amide bonds. The first-order chi connectivity index (χ1) is 16.5. The minimum atomic E-state index is -0.333. The Hall–Kier alpha value is -3.98. The predicted octanol–water partition coefficient (Wildman–Crippen LogP) is 2.27. The highest BCUT2D eigenvalue weighted by Gasteiger charge is 2.38. The van der Waals surface area contributed by atoms with E-state index in [-0.39, 0.29) is 49.2 Å². The number of nitrogens with zero attached hydrogens (tertiary/aromatic N) is 2. The van der Waals surface area contributed by atoms with Gasteiger partial charge in [0.05, 0.1) is 23.7 Å². The van der Waals surface area contributed by atoms with Crippen molar-refractivity contribution in [2.24, 2.45) is 0 Å². The molecule has 0 spiro atoms. The third-order valence-electron chi connectivity index (χ3n) is 6.04. The summed E-state index contributed by atoms with van der Waals surface area (Å²) in [4.78, 5) is 39.2. The largest absolute Gasteiger partial charge is 0.491 e. The van der Waals surface area contributed by atoms with Gasteiger partial charge in [-0.05, 0) is 43.7 Å². The molecule has 0 saturated carbocycles. The predicted molar refractivity (Wildman–Crippen MR) is 122 cm³/mol. The molecule has 2 aliphatic heterocycles. The molecule has 0 fully saturated rings. The van der Waals surface area contributed by atoms with Gasteiger partial charge in [0.1, 0.15) is 18.1 Å². The average Bonchev–Trinajstić information content (AvgIpc) is 3.39. The van der Waals surface area contributed by atoms with Crippen LogP contribution in [-0.2, 0) is 6.42 Å². The van der Waals surface area contributed by atoms with Crippen molar-refractivity contribution in [3.05, 3.63) is 82.2 Å². The van der Waals surface area contributed by atoms with Crippen LogP contribution in [0.4, 0.5) is 0 Å². The van der Waals surface area contributed by atoms with Crippen molar-refractivity contribution < 1.29 is 23.6 Å². The average molecular weight is 460 g/mol. The molecule has 2 aromatic carbocycles. The lowest BCUT2D eigenvalue weighted by Gasteiger charge is -2.31. The fourth-order valence-corrected chi connectivity index (χ4v) is 4.44. The van der Waals surface area contributed by atoms with Gasteiger partial charge in [-0.3, -0.25) is 19.3 Å². The number of hydrogen-bond acceptors (Lipinski definition) is 7. The van der Waals surface area contributed by atoms with Crippen LogP contribution in [0.2, 0.25) is 0 Å². The van der Waals surface area contributed by atoms with Crippen LogP contribution in [0.1, 0.15) is 54.1 Å². The fraction of sp³-hybridized carbons (Fsp3) is 0.280. The molecule has 1 aromatic heterocycles. The summed E-state index contributed by atoms with van der Waals surface area (Å²) in [7, 11) is 0. The Morgan fingerprint density at radius 3 is 2.65 bits per heavy atom. The summed E-state index contributed by atoms with van der Waals surface area (Å²) in [5.41, 5.74) is 3.14. The maximum absolute atomic E-state index is 12.9. The Kier molecular flexibility index (Phi) is 5.85. The minimum absolute atomic E-state index is 0.210. The maximum Gasteiger partial charge on any atom is 0.273 e. The molecule has 0 radical (unpaired) electrons. The van der Waals surface area contributed by atoms with Crippen LogP contribution < -0.4 is 15.4 Å². The molecular formula is C25H24N4O5. The van der Waals surface area contributed by atoms with E-state index in [1.807, 2.05) is 18.2 Å². The van der Waals surface area contributed by atoms with Crippen LogP contribution in [0.25, 0.3) is 0 Å². The molecule has 2 N–H and O–H groups in total. The number of imide groups is 1. The van der Waals surface area contributed by atoms with Gasteiger partial charge >= 0.3 is 0 Å². The highest BCUT2D eigenvalue weighted by Crippen LogP contribution is 2.34. The van der Waals surface area contributed by atoms with Crippen LogP contribution >= 0.6 is 0 Å². The molecule has 3 aromatic rings. The quantitative estimate of drug-likeness (QED) is 0.411. The maximum atomic E-state index is 12.9. The molecule has 5 rings (SSSR count). The number of aromatic nitrogens is 1. The van der Waals surface area contributed by atoms with Gasteiger partial charge in [0.25, 0.3) is 17.7 Å². The van der Waals surface area contributed by atoms with Crippen LogP contribution in [-0.4, -0.2) is 54.0 Å². The highest BCUT2D eigenvalue weighted by molar-refractivity contribution is 6.21. The monoisotopic (exact) mass is 460 g/mol. The number of ether oxygens (including phenoxy) is 1. The summed E-state index contributed by atoms with van der Waals surface area (Å²) in [6, 6.07) is 14.0. The molecular weight excluding hydrogens is 436 g/mol. The van der Waals surface area contributed by atoms with Crippen molar-refractivity contribution in [1.82, 2.24) is 20.7 Å². The Labute approximate surface area is 196 Å². The number of nitrogens with one attached hydrogen (secondary N) is 2. The zero-order valence-corrected chi connectivity index (χ0v) is 18.7. The minimum Gasteiger partial charge on any atom is -0.491 e. The van der Waals surface area contributed by atoms with Gasteiger partial charge in [0.15, 0.2) is 5.69 Å². The molecule has 0 saturated heterocycles. The SMILES string of the molecule is Cc1cc(C(=O)NCCOc2cccc3c2C(CN2C(=O)c4ccccc4C2=O)NCC3)no1. The number of aryl methyl sites for hydroxylation is 1. The normalized spacial score (nSPS) is 16.9. The molecule has 9 heteroatoms. The van der Waals surface area contributed by atoms with E-state index >= 15 is 0 Å². The first-order valence-corrected chi connectivity index (χ1v) is 11.2. The Morgan fingerprint density at radius 1 is 1.18 bits per heavy atom. The number of carbonyl (C=O) groups is 3. The van der Waals surface area contributed by atoms with Crippen molar-refractivity contribution in [1.29, 1.82) is 0 Å². The molecule has 174 valence electrons. The van der Waals surface area contributed by atoms with Gasteiger partial charge in [0.2, 0.25) is 0 Å². The number of amides is 3. The van der Waals surface area contributed by atoms with Crippen molar-refractivity contribution in [2.75, 3.05) is 26.2 Å². The number of hydrogen-bond donors (Lipinski definition) is 2. The Balaban J connectivity index is 1.27.